The summed E-state index contributed by atoms with van der Waals surface area (Å²) in [7, 11) is -1.44. The Morgan fingerprint density at radius 2 is 1.26 bits per heavy atom. The third-order valence-corrected chi connectivity index (χ3v) is 10.9. The topological polar surface area (TPSA) is 12.5 Å². The quantitative estimate of drug-likeness (QED) is 0.288. The summed E-state index contributed by atoms with van der Waals surface area (Å²) in [6, 6.07) is 41.8. The lowest BCUT2D eigenvalue weighted by Crippen LogP contribution is -2.39. The van der Waals surface area contributed by atoms with Crippen molar-refractivity contribution in [3.63, 3.8) is 0 Å². The maximum Gasteiger partial charge on any atom is 0.0918 e. The van der Waals surface area contributed by atoms with Crippen molar-refractivity contribution in [3.05, 3.63) is 121 Å². The molecule has 34 heavy (non-hydrogen) atoms. The third kappa shape index (κ3) is 5.02. The molecule has 0 spiro atoms. The van der Waals surface area contributed by atoms with Gasteiger partial charge in [-0.25, -0.2) is 0 Å². The van der Waals surface area contributed by atoms with Crippen molar-refractivity contribution in [1.29, 1.82) is 0 Å². The summed E-state index contributed by atoms with van der Waals surface area (Å²) in [5.41, 5.74) is 1.46. The molecule has 2 nitrogen and oxygen atoms in total. The van der Waals surface area contributed by atoms with Gasteiger partial charge in [-0.1, -0.05) is 129 Å². The van der Waals surface area contributed by atoms with E-state index in [4.69, 9.17) is 4.52 Å². The summed E-state index contributed by atoms with van der Waals surface area (Å²) in [5.74, 6) is 0.478. The van der Waals surface area contributed by atoms with Crippen LogP contribution in [0.15, 0.2) is 115 Å². The van der Waals surface area contributed by atoms with Gasteiger partial charge in [-0.3, -0.25) is 4.67 Å². The average molecular weight is 484 g/mol. The summed E-state index contributed by atoms with van der Waals surface area (Å²) in [6.45, 7) is 6.37. The molecular weight excluding hydrogens is 452 g/mol. The van der Waals surface area contributed by atoms with E-state index >= 15 is 0 Å². The molecular formula is C30H31NOP2. The fraction of sp³-hybridized carbons (Fsp3) is 0.200. The predicted molar refractivity (Wildman–Crippen MR) is 148 cm³/mol. The molecule has 4 heteroatoms. The monoisotopic (exact) mass is 483 g/mol. The molecule has 2 atom stereocenters. The normalized spacial score (nSPS) is 16.6. The van der Waals surface area contributed by atoms with Crippen LogP contribution in [0.4, 0.5) is 0 Å². The first-order chi connectivity index (χ1) is 16.7. The zero-order valence-electron chi connectivity index (χ0n) is 19.8. The van der Waals surface area contributed by atoms with Crippen LogP contribution in [0.3, 0.4) is 0 Å². The smallest absolute Gasteiger partial charge is 0.0918 e. The van der Waals surface area contributed by atoms with E-state index in [1.54, 1.807) is 0 Å². The van der Waals surface area contributed by atoms with Crippen LogP contribution in [0.1, 0.15) is 19.4 Å². The van der Waals surface area contributed by atoms with E-state index < -0.39 is 16.2 Å². The summed E-state index contributed by atoms with van der Waals surface area (Å²) < 4.78 is 9.59. The molecule has 0 N–H and O–H groups in total. The average Bonchev–Trinajstić information content (AvgIpc) is 3.27. The number of hydrogen-bond acceptors (Lipinski definition) is 2. The Balaban J connectivity index is 1.45. The van der Waals surface area contributed by atoms with Crippen LogP contribution >= 0.6 is 16.2 Å². The van der Waals surface area contributed by atoms with Crippen molar-refractivity contribution >= 4 is 37.4 Å². The van der Waals surface area contributed by atoms with E-state index in [9.17, 15) is 0 Å². The molecule has 0 saturated heterocycles. The summed E-state index contributed by atoms with van der Waals surface area (Å²) in [4.78, 5) is 0. The van der Waals surface area contributed by atoms with Crippen molar-refractivity contribution in [2.75, 3.05) is 6.61 Å². The zero-order chi connectivity index (χ0) is 23.3. The fourth-order valence-corrected chi connectivity index (χ4v) is 9.21. The lowest BCUT2D eigenvalue weighted by molar-refractivity contribution is 0.184. The van der Waals surface area contributed by atoms with Crippen LogP contribution in [0.2, 0.25) is 0 Å². The van der Waals surface area contributed by atoms with E-state index in [1.807, 2.05) is 0 Å². The Morgan fingerprint density at radius 3 is 1.85 bits per heavy atom. The molecule has 4 aromatic rings. The largest absolute Gasteiger partial charge is 0.348 e. The van der Waals surface area contributed by atoms with Crippen molar-refractivity contribution in [1.82, 2.24) is 4.67 Å². The van der Waals surface area contributed by atoms with Crippen molar-refractivity contribution < 1.29 is 4.52 Å². The predicted octanol–water partition coefficient (Wildman–Crippen LogP) is 5.94. The van der Waals surface area contributed by atoms with Gasteiger partial charge >= 0.3 is 0 Å². The highest BCUT2D eigenvalue weighted by Crippen LogP contribution is 2.49. The van der Waals surface area contributed by atoms with Crippen LogP contribution in [0, 0.1) is 5.92 Å². The number of rotatable bonds is 8. The highest BCUT2D eigenvalue weighted by Gasteiger charge is 2.37. The van der Waals surface area contributed by atoms with Gasteiger partial charge in [0.25, 0.3) is 0 Å². The highest BCUT2D eigenvalue weighted by atomic mass is 31.1. The lowest BCUT2D eigenvalue weighted by Gasteiger charge is -2.36. The van der Waals surface area contributed by atoms with Gasteiger partial charge in [0.1, 0.15) is 0 Å². The SMILES string of the molecule is CC(C)[C@@H](COP(c1ccccc1)c1ccccc1)N1Cc2ccccc2P1c1ccccc1. The number of fused-ring (bicyclic) bond motifs is 1. The van der Waals surface area contributed by atoms with E-state index in [2.05, 4.69) is 134 Å². The molecule has 4 aromatic carbocycles. The second-order valence-electron chi connectivity index (χ2n) is 8.95. The summed E-state index contributed by atoms with van der Waals surface area (Å²) in [6.07, 6.45) is 0. The Hall–Kier alpha value is -2.34. The highest BCUT2D eigenvalue weighted by molar-refractivity contribution is 7.71. The van der Waals surface area contributed by atoms with E-state index in [0.29, 0.717) is 18.6 Å². The first-order valence-corrected chi connectivity index (χ1v) is 14.5. The Labute approximate surface area is 206 Å². The van der Waals surface area contributed by atoms with E-state index in [-0.39, 0.29) is 0 Å². The van der Waals surface area contributed by atoms with Gasteiger partial charge in [-0.15, -0.1) is 0 Å². The zero-order valence-corrected chi connectivity index (χ0v) is 21.6. The first-order valence-electron chi connectivity index (χ1n) is 11.9. The van der Waals surface area contributed by atoms with Gasteiger partial charge in [-0.2, -0.15) is 0 Å². The first kappa shape index (κ1) is 23.4. The standard InChI is InChI=1S/C30H31NOP2/c1-24(2)29(23-32-34(27-17-8-4-9-18-27)28-19-10-5-11-20-28)31-22-25-14-12-13-21-30(25)33(31)26-15-6-3-7-16-26/h3-21,24,29H,22-23H2,1-2H3/t29-,33?/m1/s1. The molecule has 1 heterocycles. The molecule has 0 aliphatic carbocycles. The van der Waals surface area contributed by atoms with Gasteiger partial charge in [0.15, 0.2) is 0 Å². The van der Waals surface area contributed by atoms with Gasteiger partial charge in [0, 0.05) is 31.3 Å². The maximum atomic E-state index is 6.87. The van der Waals surface area contributed by atoms with Gasteiger partial charge in [0.05, 0.1) is 14.8 Å². The maximum absolute atomic E-state index is 6.87. The summed E-state index contributed by atoms with van der Waals surface area (Å²) >= 11 is 0. The summed E-state index contributed by atoms with van der Waals surface area (Å²) in [5, 5.41) is 5.44. The van der Waals surface area contributed by atoms with Gasteiger partial charge < -0.3 is 4.52 Å². The minimum Gasteiger partial charge on any atom is -0.348 e. The minimum atomic E-state index is -0.869. The molecule has 5 rings (SSSR count). The van der Waals surface area contributed by atoms with E-state index in [1.165, 1.54) is 26.8 Å². The molecule has 172 valence electrons. The van der Waals surface area contributed by atoms with Gasteiger partial charge in [0.2, 0.25) is 0 Å². The number of nitrogens with zero attached hydrogens (tertiary/aromatic N) is 1. The molecule has 1 aliphatic rings. The Kier molecular flexibility index (Phi) is 7.53. The molecule has 0 aromatic heterocycles. The van der Waals surface area contributed by atoms with Crippen LogP contribution in [-0.4, -0.2) is 17.3 Å². The molecule has 0 fully saturated rings. The number of hydrogen-bond donors (Lipinski definition) is 0. The molecule has 0 saturated carbocycles. The van der Waals surface area contributed by atoms with Crippen LogP contribution in [0.5, 0.6) is 0 Å². The van der Waals surface area contributed by atoms with Crippen LogP contribution < -0.4 is 21.2 Å². The minimum absolute atomic E-state index is 0.330. The second kappa shape index (κ2) is 10.9. The molecule has 0 radical (unpaired) electrons. The van der Waals surface area contributed by atoms with E-state index in [0.717, 1.165) is 6.54 Å². The third-order valence-electron chi connectivity index (χ3n) is 6.32. The van der Waals surface area contributed by atoms with Crippen molar-refractivity contribution in [2.45, 2.75) is 26.4 Å². The van der Waals surface area contributed by atoms with Crippen LogP contribution in [-0.2, 0) is 11.1 Å². The Bertz CT molecular complexity index is 1140. The fourth-order valence-electron chi connectivity index (χ4n) is 4.56. The molecule has 0 amide bonds. The number of benzene rings is 4. The molecule has 0 bridgehead atoms. The molecule has 1 unspecified atom stereocenters. The lowest BCUT2D eigenvalue weighted by atomic mass is 10.1. The van der Waals surface area contributed by atoms with Crippen LogP contribution in [0.25, 0.3) is 0 Å². The van der Waals surface area contributed by atoms with Gasteiger partial charge in [-0.05, 0) is 22.1 Å². The molecule has 1 aliphatic heterocycles. The van der Waals surface area contributed by atoms with Crippen molar-refractivity contribution in [3.8, 4) is 0 Å². The second-order valence-corrected chi connectivity index (χ2v) is 13.0. The Morgan fingerprint density at radius 1 is 0.735 bits per heavy atom. The van der Waals surface area contributed by atoms with Crippen molar-refractivity contribution in [2.24, 2.45) is 5.92 Å².